The number of benzene rings is 2. The molecule has 1 heterocycles. The number of fused-ring (bicyclic) bond motifs is 1. The van der Waals surface area contributed by atoms with Crippen LogP contribution in [0.5, 0.6) is 5.75 Å². The Labute approximate surface area is 114 Å². The van der Waals surface area contributed by atoms with Gasteiger partial charge in [-0.2, -0.15) is 0 Å². The second-order valence-electron chi connectivity index (χ2n) is 4.18. The van der Waals surface area contributed by atoms with Gasteiger partial charge in [-0.05, 0) is 36.4 Å². The van der Waals surface area contributed by atoms with Gasteiger partial charge in [0.05, 0.1) is 18.4 Å². The van der Waals surface area contributed by atoms with E-state index in [4.69, 9.17) is 4.74 Å². The molecular weight excluding hydrogens is 258 g/mol. The highest BCUT2D eigenvalue weighted by Gasteiger charge is 2.15. The van der Waals surface area contributed by atoms with Crippen molar-refractivity contribution in [2.75, 3.05) is 7.11 Å². The number of nitrogens with zero attached hydrogens (tertiary/aromatic N) is 3. The number of rotatable bonds is 3. The molecule has 6 nitrogen and oxygen atoms in total. The third-order valence-corrected chi connectivity index (χ3v) is 3.02. The number of hydrogen-bond donors (Lipinski definition) is 1. The minimum absolute atomic E-state index is 0.170. The van der Waals surface area contributed by atoms with Crippen molar-refractivity contribution in [2.45, 2.75) is 0 Å². The fourth-order valence-electron chi connectivity index (χ4n) is 2.05. The molecule has 0 fully saturated rings. The van der Waals surface area contributed by atoms with Gasteiger partial charge >= 0.3 is 5.97 Å². The minimum atomic E-state index is -1.01. The molecular formula is C14H11N3O3. The highest BCUT2D eigenvalue weighted by Crippen LogP contribution is 2.22. The maximum absolute atomic E-state index is 11.3. The van der Waals surface area contributed by atoms with E-state index < -0.39 is 5.97 Å². The van der Waals surface area contributed by atoms with Crippen molar-refractivity contribution in [1.29, 1.82) is 0 Å². The van der Waals surface area contributed by atoms with Gasteiger partial charge in [0.25, 0.3) is 0 Å². The van der Waals surface area contributed by atoms with Gasteiger partial charge in [0.15, 0.2) is 0 Å². The molecule has 0 unspecified atom stereocenters. The molecule has 0 spiro atoms. The summed E-state index contributed by atoms with van der Waals surface area (Å²) in [5.74, 6) is -0.288. The summed E-state index contributed by atoms with van der Waals surface area (Å²) in [6, 6.07) is 12.1. The third-order valence-electron chi connectivity index (χ3n) is 3.02. The fraction of sp³-hybridized carbons (Fsp3) is 0.0714. The second-order valence-corrected chi connectivity index (χ2v) is 4.18. The van der Waals surface area contributed by atoms with E-state index in [1.165, 1.54) is 10.7 Å². The van der Waals surface area contributed by atoms with Crippen LogP contribution >= 0.6 is 0 Å². The number of ether oxygens (including phenoxy) is 1. The predicted molar refractivity (Wildman–Crippen MR) is 72.4 cm³/mol. The highest BCUT2D eigenvalue weighted by atomic mass is 16.5. The molecule has 100 valence electrons. The van der Waals surface area contributed by atoms with Gasteiger partial charge < -0.3 is 9.84 Å². The Morgan fingerprint density at radius 3 is 2.60 bits per heavy atom. The summed E-state index contributed by atoms with van der Waals surface area (Å²) in [6.07, 6.45) is 0. The van der Waals surface area contributed by atoms with Crippen molar-refractivity contribution in [3.05, 3.63) is 48.0 Å². The largest absolute Gasteiger partial charge is 0.497 e. The minimum Gasteiger partial charge on any atom is -0.497 e. The van der Waals surface area contributed by atoms with Crippen molar-refractivity contribution < 1.29 is 14.6 Å². The van der Waals surface area contributed by atoms with Crippen LogP contribution in [-0.2, 0) is 0 Å². The van der Waals surface area contributed by atoms with Gasteiger partial charge in [-0.25, -0.2) is 9.48 Å². The topological polar surface area (TPSA) is 77.2 Å². The Morgan fingerprint density at radius 2 is 1.95 bits per heavy atom. The Hall–Kier alpha value is -2.89. The number of carboxylic acid groups (broad SMARTS) is 1. The smallest absolute Gasteiger partial charge is 0.337 e. The monoisotopic (exact) mass is 269 g/mol. The molecule has 1 N–H and O–H groups in total. The molecule has 0 amide bonds. The molecule has 0 aliphatic heterocycles. The number of para-hydroxylation sites is 1. The molecule has 20 heavy (non-hydrogen) atoms. The average molecular weight is 269 g/mol. The van der Waals surface area contributed by atoms with Crippen LogP contribution < -0.4 is 4.74 Å². The van der Waals surface area contributed by atoms with Crippen LogP contribution in [0.4, 0.5) is 0 Å². The van der Waals surface area contributed by atoms with Gasteiger partial charge in [-0.1, -0.05) is 11.3 Å². The lowest BCUT2D eigenvalue weighted by molar-refractivity contribution is 0.0698. The molecule has 2 aromatic carbocycles. The van der Waals surface area contributed by atoms with Crippen LogP contribution in [0.2, 0.25) is 0 Å². The molecule has 3 aromatic rings. The summed E-state index contributed by atoms with van der Waals surface area (Å²) < 4.78 is 6.61. The molecule has 0 radical (unpaired) electrons. The average Bonchev–Trinajstić information content (AvgIpc) is 2.91. The van der Waals surface area contributed by atoms with Gasteiger partial charge in [0, 0.05) is 0 Å². The highest BCUT2D eigenvalue weighted by molar-refractivity contribution is 6.01. The maximum Gasteiger partial charge on any atom is 0.337 e. The fourth-order valence-corrected chi connectivity index (χ4v) is 2.05. The van der Waals surface area contributed by atoms with E-state index in [0.29, 0.717) is 11.0 Å². The zero-order valence-electron chi connectivity index (χ0n) is 10.6. The van der Waals surface area contributed by atoms with E-state index >= 15 is 0 Å². The van der Waals surface area contributed by atoms with Gasteiger partial charge in [0.1, 0.15) is 16.8 Å². The number of methoxy groups -OCH3 is 1. The second kappa shape index (κ2) is 4.65. The Kier molecular flexibility index (Phi) is 2.83. The Morgan fingerprint density at radius 1 is 1.20 bits per heavy atom. The Balaban J connectivity index is 2.22. The summed E-state index contributed by atoms with van der Waals surface area (Å²) in [5, 5.41) is 17.3. The molecule has 0 saturated heterocycles. The van der Waals surface area contributed by atoms with E-state index in [1.54, 1.807) is 43.5 Å². The molecule has 0 aliphatic rings. The summed E-state index contributed by atoms with van der Waals surface area (Å²) >= 11 is 0. The van der Waals surface area contributed by atoms with Gasteiger partial charge in [0.2, 0.25) is 0 Å². The van der Waals surface area contributed by atoms with Crippen LogP contribution in [0, 0.1) is 0 Å². The summed E-state index contributed by atoms with van der Waals surface area (Å²) in [6.45, 7) is 0. The first-order chi connectivity index (χ1) is 9.70. The molecule has 0 aliphatic carbocycles. The molecule has 0 atom stereocenters. The third kappa shape index (κ3) is 1.87. The number of carbonyl (C=O) groups is 1. The van der Waals surface area contributed by atoms with E-state index in [1.807, 2.05) is 0 Å². The Bertz CT molecular complexity index is 778. The van der Waals surface area contributed by atoms with Crippen LogP contribution in [0.15, 0.2) is 42.5 Å². The van der Waals surface area contributed by atoms with Gasteiger partial charge in [-0.3, -0.25) is 0 Å². The SMILES string of the molecule is COc1ccc(-n2nnc3cccc(C(=O)O)c32)cc1. The zero-order valence-corrected chi connectivity index (χ0v) is 10.6. The maximum atomic E-state index is 11.3. The number of aromatic nitrogens is 3. The number of aromatic carboxylic acids is 1. The van der Waals surface area contributed by atoms with E-state index in [0.717, 1.165) is 11.4 Å². The van der Waals surface area contributed by atoms with Crippen molar-refractivity contribution in [3.8, 4) is 11.4 Å². The lowest BCUT2D eigenvalue weighted by Gasteiger charge is -2.05. The lowest BCUT2D eigenvalue weighted by atomic mass is 10.2. The van der Waals surface area contributed by atoms with E-state index in [9.17, 15) is 9.90 Å². The van der Waals surface area contributed by atoms with Crippen LogP contribution in [-0.4, -0.2) is 33.2 Å². The normalized spacial score (nSPS) is 10.7. The summed E-state index contributed by atoms with van der Waals surface area (Å²) in [4.78, 5) is 11.3. The van der Waals surface area contributed by atoms with Crippen molar-refractivity contribution in [2.24, 2.45) is 0 Å². The first-order valence-corrected chi connectivity index (χ1v) is 5.93. The quantitative estimate of drug-likeness (QED) is 0.788. The molecule has 3 rings (SSSR count). The number of carboxylic acids is 1. The molecule has 0 bridgehead atoms. The van der Waals surface area contributed by atoms with Crippen LogP contribution in [0.1, 0.15) is 10.4 Å². The van der Waals surface area contributed by atoms with E-state index in [2.05, 4.69) is 10.3 Å². The standard InChI is InChI=1S/C14H11N3O3/c1-20-10-7-5-9(6-8-10)17-13-11(14(18)19)3-2-4-12(13)15-16-17/h2-8H,1H3,(H,18,19). The number of hydrogen-bond acceptors (Lipinski definition) is 4. The first kappa shape index (κ1) is 12.2. The van der Waals surface area contributed by atoms with Crippen molar-refractivity contribution in [3.63, 3.8) is 0 Å². The van der Waals surface area contributed by atoms with Crippen LogP contribution in [0.25, 0.3) is 16.7 Å². The van der Waals surface area contributed by atoms with E-state index in [-0.39, 0.29) is 5.56 Å². The summed E-state index contributed by atoms with van der Waals surface area (Å²) in [5.41, 5.74) is 1.91. The summed E-state index contributed by atoms with van der Waals surface area (Å²) in [7, 11) is 1.59. The zero-order chi connectivity index (χ0) is 14.1. The molecule has 1 aromatic heterocycles. The molecule has 6 heteroatoms. The predicted octanol–water partition coefficient (Wildman–Crippen LogP) is 2.13. The lowest BCUT2D eigenvalue weighted by Crippen LogP contribution is -2.03. The first-order valence-electron chi connectivity index (χ1n) is 5.93. The van der Waals surface area contributed by atoms with Crippen molar-refractivity contribution in [1.82, 2.24) is 15.0 Å². The van der Waals surface area contributed by atoms with Crippen LogP contribution in [0.3, 0.4) is 0 Å². The van der Waals surface area contributed by atoms with Gasteiger partial charge in [-0.15, -0.1) is 5.10 Å². The molecule has 0 saturated carbocycles. The van der Waals surface area contributed by atoms with Crippen molar-refractivity contribution >= 4 is 17.0 Å².